The molecule has 0 bridgehead atoms. The largest absolute Gasteiger partial charge is 0.494 e. The number of carbonyl (C=O) groups is 1. The highest BCUT2D eigenvalue weighted by molar-refractivity contribution is 5.75. The summed E-state index contributed by atoms with van der Waals surface area (Å²) in [5, 5.41) is 9.44. The number of carboxylic acid groups (broad SMARTS) is 1. The van der Waals surface area contributed by atoms with E-state index in [9.17, 15) is 9.90 Å². The molecule has 3 nitrogen and oxygen atoms in total. The minimum atomic E-state index is -0.645. The predicted molar refractivity (Wildman–Crippen MR) is 69.9 cm³/mol. The number of aliphatic carboxylic acids is 1. The zero-order valence-electron chi connectivity index (χ0n) is 10.8. The van der Waals surface area contributed by atoms with Crippen LogP contribution in [0.2, 0.25) is 0 Å². The summed E-state index contributed by atoms with van der Waals surface area (Å²) in [5.41, 5.74) is 0.551. The van der Waals surface area contributed by atoms with Gasteiger partial charge in [-0.1, -0.05) is 25.0 Å². The van der Waals surface area contributed by atoms with Crippen molar-refractivity contribution < 1.29 is 14.6 Å². The Morgan fingerprint density at radius 2 is 1.89 bits per heavy atom. The van der Waals surface area contributed by atoms with E-state index in [1.54, 1.807) is 0 Å². The summed E-state index contributed by atoms with van der Waals surface area (Å²) in [5.74, 6) is 0.200. The van der Waals surface area contributed by atoms with E-state index in [-0.39, 0.29) is 0 Å². The molecule has 0 heterocycles. The number of carboxylic acids is 1. The van der Waals surface area contributed by atoms with Gasteiger partial charge < -0.3 is 9.84 Å². The van der Waals surface area contributed by atoms with Crippen LogP contribution in [0, 0.1) is 5.41 Å². The van der Waals surface area contributed by atoms with Gasteiger partial charge >= 0.3 is 5.97 Å². The van der Waals surface area contributed by atoms with E-state index < -0.39 is 11.4 Å². The second-order valence-corrected chi connectivity index (χ2v) is 5.05. The van der Waals surface area contributed by atoms with E-state index in [0.29, 0.717) is 13.0 Å². The number of rotatable bonds is 5. The normalized spacial score (nSPS) is 17.6. The fourth-order valence-corrected chi connectivity index (χ4v) is 2.78. The molecule has 98 valence electrons. The van der Waals surface area contributed by atoms with E-state index in [4.69, 9.17) is 4.74 Å². The molecule has 0 aromatic heterocycles. The van der Waals surface area contributed by atoms with Gasteiger partial charge in [0, 0.05) is 0 Å². The first-order valence-electron chi connectivity index (χ1n) is 6.61. The lowest BCUT2D eigenvalue weighted by Gasteiger charge is -2.23. The maximum atomic E-state index is 11.5. The molecular weight excluding hydrogens is 228 g/mol. The quantitative estimate of drug-likeness (QED) is 0.869. The molecule has 0 aliphatic heterocycles. The molecule has 2 rings (SSSR count). The van der Waals surface area contributed by atoms with Crippen molar-refractivity contribution in [3.05, 3.63) is 29.8 Å². The standard InChI is InChI=1S/C15H20O3/c1-2-18-13-7-5-12(6-8-13)11-15(14(16)17)9-3-4-10-15/h5-8H,2-4,9-11H2,1H3,(H,16,17). The topological polar surface area (TPSA) is 46.5 Å². The molecule has 1 aromatic carbocycles. The average molecular weight is 248 g/mol. The first-order chi connectivity index (χ1) is 8.66. The highest BCUT2D eigenvalue weighted by atomic mass is 16.5. The highest BCUT2D eigenvalue weighted by Crippen LogP contribution is 2.41. The average Bonchev–Trinajstić information content (AvgIpc) is 2.82. The van der Waals surface area contributed by atoms with Gasteiger partial charge in [0.15, 0.2) is 0 Å². The number of ether oxygens (including phenoxy) is 1. The number of hydrogen-bond acceptors (Lipinski definition) is 2. The van der Waals surface area contributed by atoms with Gasteiger partial charge in [-0.3, -0.25) is 4.79 Å². The van der Waals surface area contributed by atoms with Gasteiger partial charge in [-0.15, -0.1) is 0 Å². The maximum absolute atomic E-state index is 11.5. The number of benzene rings is 1. The Hall–Kier alpha value is -1.51. The lowest BCUT2D eigenvalue weighted by Crippen LogP contribution is -2.30. The Bertz CT molecular complexity index is 402. The van der Waals surface area contributed by atoms with Crippen molar-refractivity contribution in [2.75, 3.05) is 6.61 Å². The third kappa shape index (κ3) is 2.66. The summed E-state index contributed by atoms with van der Waals surface area (Å²) in [6.07, 6.45) is 4.30. The van der Waals surface area contributed by atoms with E-state index in [0.717, 1.165) is 37.0 Å². The Kier molecular flexibility index (Phi) is 3.90. The van der Waals surface area contributed by atoms with Gasteiger partial charge in [0.2, 0.25) is 0 Å². The second kappa shape index (κ2) is 5.42. The molecule has 1 aromatic rings. The van der Waals surface area contributed by atoms with Crippen molar-refractivity contribution >= 4 is 5.97 Å². The summed E-state index contributed by atoms with van der Waals surface area (Å²) in [6, 6.07) is 7.80. The van der Waals surface area contributed by atoms with E-state index >= 15 is 0 Å². The Labute approximate surface area is 108 Å². The predicted octanol–water partition coefficient (Wildman–Crippen LogP) is 3.27. The first-order valence-corrected chi connectivity index (χ1v) is 6.61. The summed E-state index contributed by atoms with van der Waals surface area (Å²) in [7, 11) is 0. The van der Waals surface area contributed by atoms with Crippen LogP contribution in [0.25, 0.3) is 0 Å². The van der Waals surface area contributed by atoms with Crippen LogP contribution in [0.15, 0.2) is 24.3 Å². The van der Waals surface area contributed by atoms with Crippen molar-refractivity contribution in [3.63, 3.8) is 0 Å². The molecule has 3 heteroatoms. The Morgan fingerprint density at radius 3 is 2.39 bits per heavy atom. The fraction of sp³-hybridized carbons (Fsp3) is 0.533. The number of hydrogen-bond donors (Lipinski definition) is 1. The van der Waals surface area contributed by atoms with Crippen molar-refractivity contribution in [1.82, 2.24) is 0 Å². The van der Waals surface area contributed by atoms with Gasteiger partial charge in [-0.05, 0) is 43.9 Å². The van der Waals surface area contributed by atoms with Gasteiger partial charge in [-0.2, -0.15) is 0 Å². The third-order valence-electron chi connectivity index (χ3n) is 3.79. The van der Waals surface area contributed by atoms with E-state index in [1.165, 1.54) is 0 Å². The molecule has 0 atom stereocenters. The minimum Gasteiger partial charge on any atom is -0.494 e. The van der Waals surface area contributed by atoms with Gasteiger partial charge in [0.25, 0.3) is 0 Å². The Balaban J connectivity index is 2.10. The van der Waals surface area contributed by atoms with Crippen molar-refractivity contribution in [2.24, 2.45) is 5.41 Å². The fourth-order valence-electron chi connectivity index (χ4n) is 2.78. The molecule has 1 N–H and O–H groups in total. The maximum Gasteiger partial charge on any atom is 0.309 e. The van der Waals surface area contributed by atoms with Crippen molar-refractivity contribution in [1.29, 1.82) is 0 Å². The van der Waals surface area contributed by atoms with Crippen molar-refractivity contribution in [3.8, 4) is 5.75 Å². The summed E-state index contributed by atoms with van der Waals surface area (Å²) < 4.78 is 5.39. The summed E-state index contributed by atoms with van der Waals surface area (Å²) in [4.78, 5) is 11.5. The molecule has 0 amide bonds. The molecule has 0 radical (unpaired) electrons. The van der Waals surface area contributed by atoms with Crippen LogP contribution in [0.5, 0.6) is 5.75 Å². The zero-order chi connectivity index (χ0) is 13.0. The molecule has 18 heavy (non-hydrogen) atoms. The molecule has 0 unspecified atom stereocenters. The zero-order valence-corrected chi connectivity index (χ0v) is 10.8. The van der Waals surface area contributed by atoms with Crippen LogP contribution in [0.3, 0.4) is 0 Å². The Morgan fingerprint density at radius 1 is 1.28 bits per heavy atom. The molecule has 1 saturated carbocycles. The first kappa shape index (κ1) is 12.9. The molecular formula is C15H20O3. The highest BCUT2D eigenvalue weighted by Gasteiger charge is 2.41. The van der Waals surface area contributed by atoms with E-state index in [2.05, 4.69) is 0 Å². The van der Waals surface area contributed by atoms with Crippen LogP contribution < -0.4 is 4.74 Å². The second-order valence-electron chi connectivity index (χ2n) is 5.05. The monoisotopic (exact) mass is 248 g/mol. The molecule has 1 aliphatic carbocycles. The SMILES string of the molecule is CCOc1ccc(CC2(C(=O)O)CCCC2)cc1. The van der Waals surface area contributed by atoms with E-state index in [1.807, 2.05) is 31.2 Å². The minimum absolute atomic E-state index is 0.535. The van der Waals surface area contributed by atoms with Crippen LogP contribution in [0.1, 0.15) is 38.2 Å². The molecule has 0 saturated heterocycles. The lowest BCUT2D eigenvalue weighted by molar-refractivity contribution is -0.148. The van der Waals surface area contributed by atoms with Crippen LogP contribution in [0.4, 0.5) is 0 Å². The van der Waals surface area contributed by atoms with Gasteiger partial charge in [0.05, 0.1) is 12.0 Å². The molecule has 1 aliphatic rings. The van der Waals surface area contributed by atoms with Crippen LogP contribution in [-0.2, 0) is 11.2 Å². The van der Waals surface area contributed by atoms with Crippen molar-refractivity contribution in [2.45, 2.75) is 39.0 Å². The smallest absolute Gasteiger partial charge is 0.309 e. The van der Waals surface area contributed by atoms with Gasteiger partial charge in [0.1, 0.15) is 5.75 Å². The lowest BCUT2D eigenvalue weighted by atomic mass is 9.80. The van der Waals surface area contributed by atoms with Crippen LogP contribution >= 0.6 is 0 Å². The molecule has 0 spiro atoms. The summed E-state index contributed by atoms with van der Waals surface area (Å²) >= 11 is 0. The molecule has 1 fully saturated rings. The third-order valence-corrected chi connectivity index (χ3v) is 3.79. The van der Waals surface area contributed by atoms with Gasteiger partial charge in [-0.25, -0.2) is 0 Å². The summed E-state index contributed by atoms with van der Waals surface area (Å²) in [6.45, 7) is 2.60. The van der Waals surface area contributed by atoms with Crippen LogP contribution in [-0.4, -0.2) is 17.7 Å².